The van der Waals surface area contributed by atoms with E-state index in [-0.39, 0.29) is 0 Å². The fraction of sp³-hybridized carbons (Fsp3) is 0.769. The average molecular weight is 221 g/mol. The summed E-state index contributed by atoms with van der Waals surface area (Å²) in [7, 11) is 0. The molecule has 1 aromatic heterocycles. The molecule has 0 radical (unpaired) electrons. The molecule has 1 saturated carbocycles. The Labute approximate surface area is 98.0 Å². The van der Waals surface area contributed by atoms with E-state index in [1.165, 1.54) is 31.2 Å². The van der Waals surface area contributed by atoms with E-state index in [2.05, 4.69) is 29.4 Å². The Hall–Kier alpha value is -0.830. The van der Waals surface area contributed by atoms with Gasteiger partial charge in [0.05, 0.1) is 6.20 Å². The quantitative estimate of drug-likeness (QED) is 0.820. The molecular formula is C13H23N3. The van der Waals surface area contributed by atoms with E-state index in [0.29, 0.717) is 6.04 Å². The zero-order chi connectivity index (χ0) is 11.4. The highest BCUT2D eigenvalue weighted by molar-refractivity contribution is 5.02. The summed E-state index contributed by atoms with van der Waals surface area (Å²) in [5.74, 6) is 1.64. The summed E-state index contributed by atoms with van der Waals surface area (Å²) in [6, 6.07) is 0.698. The minimum Gasteiger partial charge on any atom is -0.310 e. The van der Waals surface area contributed by atoms with Crippen LogP contribution >= 0.6 is 0 Å². The lowest BCUT2D eigenvalue weighted by atomic mass is 9.78. The molecular weight excluding hydrogens is 198 g/mol. The van der Waals surface area contributed by atoms with E-state index >= 15 is 0 Å². The molecule has 3 nitrogen and oxygen atoms in total. The Kier molecular flexibility index (Phi) is 3.99. The van der Waals surface area contributed by atoms with Crippen LogP contribution in [0.4, 0.5) is 0 Å². The van der Waals surface area contributed by atoms with Crippen LogP contribution in [0, 0.1) is 11.8 Å². The zero-order valence-electron chi connectivity index (χ0n) is 10.4. The molecule has 90 valence electrons. The van der Waals surface area contributed by atoms with Crippen molar-refractivity contribution in [1.82, 2.24) is 15.5 Å². The van der Waals surface area contributed by atoms with Gasteiger partial charge in [0.2, 0.25) is 0 Å². The molecule has 1 aromatic rings. The van der Waals surface area contributed by atoms with Gasteiger partial charge in [0.15, 0.2) is 0 Å². The van der Waals surface area contributed by atoms with Crippen molar-refractivity contribution in [3.63, 3.8) is 0 Å². The summed E-state index contributed by atoms with van der Waals surface area (Å²) in [4.78, 5) is 0. The lowest BCUT2D eigenvalue weighted by Crippen LogP contribution is -2.40. The maximum absolute atomic E-state index is 3.98. The number of aromatic amines is 1. The van der Waals surface area contributed by atoms with Crippen LogP contribution < -0.4 is 5.32 Å². The first kappa shape index (κ1) is 11.6. The average Bonchev–Trinajstić information content (AvgIpc) is 2.79. The molecule has 3 heteroatoms. The Balaban J connectivity index is 1.86. The third kappa shape index (κ3) is 2.85. The number of hydrogen-bond donors (Lipinski definition) is 2. The normalized spacial score (nSPS) is 26.2. The van der Waals surface area contributed by atoms with Gasteiger partial charge in [-0.15, -0.1) is 0 Å². The van der Waals surface area contributed by atoms with Crippen molar-refractivity contribution in [1.29, 1.82) is 0 Å². The number of nitrogens with one attached hydrogen (secondary N) is 2. The lowest BCUT2D eigenvalue weighted by Gasteiger charge is -2.35. The largest absolute Gasteiger partial charge is 0.310 e. The third-order valence-electron chi connectivity index (χ3n) is 3.80. The van der Waals surface area contributed by atoms with Crippen LogP contribution in [0.5, 0.6) is 0 Å². The molecule has 1 heterocycles. The van der Waals surface area contributed by atoms with Gasteiger partial charge in [-0.25, -0.2) is 0 Å². The highest BCUT2D eigenvalue weighted by atomic mass is 15.1. The van der Waals surface area contributed by atoms with Crippen molar-refractivity contribution in [2.75, 3.05) is 0 Å². The Bertz CT molecular complexity index is 292. The predicted octanol–water partition coefficient (Wildman–Crippen LogP) is 2.71. The molecule has 1 fully saturated rings. The summed E-state index contributed by atoms with van der Waals surface area (Å²) < 4.78 is 0. The van der Waals surface area contributed by atoms with Gasteiger partial charge in [-0.3, -0.25) is 5.10 Å². The van der Waals surface area contributed by atoms with Gasteiger partial charge in [-0.1, -0.05) is 26.7 Å². The smallest absolute Gasteiger partial charge is 0.0532 e. The van der Waals surface area contributed by atoms with E-state index in [4.69, 9.17) is 0 Å². The van der Waals surface area contributed by atoms with Crippen molar-refractivity contribution in [2.45, 2.75) is 52.1 Å². The lowest BCUT2D eigenvalue weighted by molar-refractivity contribution is 0.204. The van der Waals surface area contributed by atoms with Crippen LogP contribution in [-0.4, -0.2) is 16.2 Å². The second-order valence-corrected chi connectivity index (χ2v) is 5.29. The first-order chi connectivity index (χ1) is 7.77. The van der Waals surface area contributed by atoms with Crippen LogP contribution in [-0.2, 0) is 6.54 Å². The molecule has 0 bridgehead atoms. The predicted molar refractivity (Wildman–Crippen MR) is 66.0 cm³/mol. The van der Waals surface area contributed by atoms with E-state index in [1.807, 2.05) is 12.4 Å². The van der Waals surface area contributed by atoms with E-state index in [9.17, 15) is 0 Å². The molecule has 1 aliphatic carbocycles. The van der Waals surface area contributed by atoms with E-state index in [0.717, 1.165) is 18.4 Å². The van der Waals surface area contributed by atoms with Gasteiger partial charge >= 0.3 is 0 Å². The number of hydrogen-bond acceptors (Lipinski definition) is 2. The van der Waals surface area contributed by atoms with E-state index in [1.54, 1.807) is 0 Å². The number of aromatic nitrogens is 2. The van der Waals surface area contributed by atoms with Crippen molar-refractivity contribution in [2.24, 2.45) is 11.8 Å². The maximum Gasteiger partial charge on any atom is 0.0532 e. The topological polar surface area (TPSA) is 40.7 Å². The first-order valence-electron chi connectivity index (χ1n) is 6.48. The summed E-state index contributed by atoms with van der Waals surface area (Å²) in [5.41, 5.74) is 1.26. The number of nitrogens with zero attached hydrogens (tertiary/aromatic N) is 1. The standard InChI is InChI=1S/C13H23N3/c1-10(2)12-5-3-4-6-13(12)14-7-11-8-15-16-9-11/h8-10,12-14H,3-7H2,1-2H3,(H,15,16). The molecule has 2 atom stereocenters. The van der Waals surface area contributed by atoms with Crippen molar-refractivity contribution in [3.8, 4) is 0 Å². The SMILES string of the molecule is CC(C)C1CCCCC1NCc1cn[nH]c1. The number of rotatable bonds is 4. The van der Waals surface area contributed by atoms with Crippen LogP contribution in [0.2, 0.25) is 0 Å². The molecule has 1 aliphatic rings. The van der Waals surface area contributed by atoms with Crippen molar-refractivity contribution < 1.29 is 0 Å². The van der Waals surface area contributed by atoms with E-state index < -0.39 is 0 Å². The van der Waals surface area contributed by atoms with Gasteiger partial charge in [0.25, 0.3) is 0 Å². The Morgan fingerprint density at radius 1 is 1.44 bits per heavy atom. The second kappa shape index (κ2) is 5.48. The van der Waals surface area contributed by atoms with Gasteiger partial charge in [0, 0.05) is 24.3 Å². The monoisotopic (exact) mass is 221 g/mol. The minimum absolute atomic E-state index is 0.698. The molecule has 2 N–H and O–H groups in total. The molecule has 0 spiro atoms. The molecule has 16 heavy (non-hydrogen) atoms. The highest BCUT2D eigenvalue weighted by Crippen LogP contribution is 2.30. The highest BCUT2D eigenvalue weighted by Gasteiger charge is 2.26. The second-order valence-electron chi connectivity index (χ2n) is 5.29. The molecule has 2 rings (SSSR count). The number of H-pyrrole nitrogens is 1. The molecule has 0 aromatic carbocycles. The first-order valence-corrected chi connectivity index (χ1v) is 6.48. The fourth-order valence-electron chi connectivity index (χ4n) is 2.83. The van der Waals surface area contributed by atoms with Gasteiger partial charge in [-0.05, 0) is 24.7 Å². The molecule has 0 aliphatic heterocycles. The zero-order valence-corrected chi connectivity index (χ0v) is 10.4. The summed E-state index contributed by atoms with van der Waals surface area (Å²) >= 11 is 0. The van der Waals surface area contributed by atoms with Crippen LogP contribution in [0.15, 0.2) is 12.4 Å². The third-order valence-corrected chi connectivity index (χ3v) is 3.80. The molecule has 2 unspecified atom stereocenters. The van der Waals surface area contributed by atoms with Gasteiger partial charge in [0.1, 0.15) is 0 Å². The van der Waals surface area contributed by atoms with Crippen LogP contribution in [0.1, 0.15) is 45.1 Å². The van der Waals surface area contributed by atoms with Crippen molar-refractivity contribution in [3.05, 3.63) is 18.0 Å². The van der Waals surface area contributed by atoms with Crippen LogP contribution in [0.3, 0.4) is 0 Å². The fourth-order valence-corrected chi connectivity index (χ4v) is 2.83. The maximum atomic E-state index is 3.98. The Morgan fingerprint density at radius 3 is 2.94 bits per heavy atom. The molecule has 0 saturated heterocycles. The summed E-state index contributed by atoms with van der Waals surface area (Å²) in [5, 5.41) is 10.5. The van der Waals surface area contributed by atoms with Crippen LogP contribution in [0.25, 0.3) is 0 Å². The van der Waals surface area contributed by atoms with Gasteiger partial charge in [-0.2, -0.15) is 5.10 Å². The summed E-state index contributed by atoms with van der Waals surface area (Å²) in [6.45, 7) is 5.65. The van der Waals surface area contributed by atoms with Crippen molar-refractivity contribution >= 4 is 0 Å². The molecule has 0 amide bonds. The Morgan fingerprint density at radius 2 is 2.25 bits per heavy atom. The van der Waals surface area contributed by atoms with Gasteiger partial charge < -0.3 is 5.32 Å². The summed E-state index contributed by atoms with van der Waals surface area (Å²) in [6.07, 6.45) is 9.39. The minimum atomic E-state index is 0.698.